The van der Waals surface area contributed by atoms with E-state index in [-0.39, 0.29) is 6.61 Å². The lowest BCUT2D eigenvalue weighted by Crippen LogP contribution is -2.32. The van der Waals surface area contributed by atoms with Crippen molar-refractivity contribution < 1.29 is 19.0 Å². The minimum absolute atomic E-state index is 0.168. The first-order valence-electron chi connectivity index (χ1n) is 4.56. The van der Waals surface area contributed by atoms with Gasteiger partial charge < -0.3 is 14.2 Å². The van der Waals surface area contributed by atoms with Crippen molar-refractivity contribution in [1.82, 2.24) is 0 Å². The average molecular weight is 210 g/mol. The van der Waals surface area contributed by atoms with Crippen LogP contribution in [0.5, 0.6) is 5.75 Å². The summed E-state index contributed by atoms with van der Waals surface area (Å²) in [6.45, 7) is 0.168. The fraction of sp³-hybridized carbons (Fsp3) is 0.364. The van der Waals surface area contributed by atoms with Crippen molar-refractivity contribution in [2.45, 2.75) is 6.10 Å². The number of methoxy groups -OCH3 is 2. The second kappa shape index (κ2) is 6.03. The molecule has 4 nitrogen and oxygen atoms in total. The highest BCUT2D eigenvalue weighted by molar-refractivity contribution is 5.75. The molecule has 1 rings (SSSR count). The molecule has 0 fully saturated rings. The molecule has 0 radical (unpaired) electrons. The van der Waals surface area contributed by atoms with Gasteiger partial charge >= 0.3 is 5.97 Å². The highest BCUT2D eigenvalue weighted by atomic mass is 16.6. The lowest BCUT2D eigenvalue weighted by Gasteiger charge is -2.15. The van der Waals surface area contributed by atoms with E-state index in [1.54, 1.807) is 12.1 Å². The maximum atomic E-state index is 11.3. The molecular formula is C11H14O4. The molecular weight excluding hydrogens is 196 g/mol. The first kappa shape index (κ1) is 11.5. The van der Waals surface area contributed by atoms with Crippen LogP contribution in [0.2, 0.25) is 0 Å². The third kappa shape index (κ3) is 3.59. The number of benzene rings is 1. The first-order valence-corrected chi connectivity index (χ1v) is 4.56. The van der Waals surface area contributed by atoms with Crippen LogP contribution in [0, 0.1) is 0 Å². The molecule has 0 bridgehead atoms. The fourth-order valence-electron chi connectivity index (χ4n) is 1.10. The standard InChI is InChI=1S/C11H14O4/c1-13-8-10(11(12)14-2)15-9-6-4-3-5-7-9/h3-7,10H,8H2,1-2H3. The summed E-state index contributed by atoms with van der Waals surface area (Å²) in [5.41, 5.74) is 0. The molecule has 82 valence electrons. The molecule has 0 saturated heterocycles. The van der Waals surface area contributed by atoms with Crippen molar-refractivity contribution in [2.24, 2.45) is 0 Å². The summed E-state index contributed by atoms with van der Waals surface area (Å²) in [7, 11) is 2.82. The smallest absolute Gasteiger partial charge is 0.349 e. The Labute approximate surface area is 88.8 Å². The van der Waals surface area contributed by atoms with Crippen molar-refractivity contribution in [3.8, 4) is 5.75 Å². The van der Waals surface area contributed by atoms with Crippen LogP contribution >= 0.6 is 0 Å². The van der Waals surface area contributed by atoms with Crippen LogP contribution in [0.1, 0.15) is 0 Å². The largest absolute Gasteiger partial charge is 0.476 e. The lowest BCUT2D eigenvalue weighted by molar-refractivity contribution is -0.151. The van der Waals surface area contributed by atoms with Crippen LogP contribution in [0.25, 0.3) is 0 Å². The second-order valence-electron chi connectivity index (χ2n) is 2.90. The molecule has 0 aliphatic rings. The Morgan fingerprint density at radius 3 is 2.47 bits per heavy atom. The van der Waals surface area contributed by atoms with Gasteiger partial charge in [0, 0.05) is 7.11 Å². The summed E-state index contributed by atoms with van der Waals surface area (Å²) in [4.78, 5) is 11.3. The van der Waals surface area contributed by atoms with Gasteiger partial charge in [-0.3, -0.25) is 0 Å². The minimum Gasteiger partial charge on any atom is -0.476 e. The van der Waals surface area contributed by atoms with Crippen LogP contribution in [-0.4, -0.2) is 32.9 Å². The van der Waals surface area contributed by atoms with Crippen LogP contribution < -0.4 is 4.74 Å². The van der Waals surface area contributed by atoms with Crippen molar-refractivity contribution in [3.63, 3.8) is 0 Å². The van der Waals surface area contributed by atoms with Crippen LogP contribution in [0.4, 0.5) is 0 Å². The molecule has 0 aliphatic carbocycles. The summed E-state index contributed by atoms with van der Waals surface area (Å²) in [5, 5.41) is 0. The van der Waals surface area contributed by atoms with Gasteiger partial charge in [-0.1, -0.05) is 18.2 Å². The number of carbonyl (C=O) groups excluding carboxylic acids is 1. The quantitative estimate of drug-likeness (QED) is 0.686. The number of esters is 1. The zero-order chi connectivity index (χ0) is 11.1. The summed E-state index contributed by atoms with van der Waals surface area (Å²) in [6, 6.07) is 9.07. The number of carbonyl (C=O) groups is 1. The number of rotatable bonds is 5. The van der Waals surface area contributed by atoms with Gasteiger partial charge in [-0.15, -0.1) is 0 Å². The topological polar surface area (TPSA) is 44.8 Å². The fourth-order valence-corrected chi connectivity index (χ4v) is 1.10. The number of hydrogen-bond acceptors (Lipinski definition) is 4. The molecule has 0 aliphatic heterocycles. The van der Waals surface area contributed by atoms with E-state index in [1.165, 1.54) is 14.2 Å². The minimum atomic E-state index is -0.720. The first-order chi connectivity index (χ1) is 7.27. The van der Waals surface area contributed by atoms with E-state index in [0.717, 1.165) is 0 Å². The highest BCUT2D eigenvalue weighted by Crippen LogP contribution is 2.11. The maximum absolute atomic E-state index is 11.3. The van der Waals surface area contributed by atoms with Crippen molar-refractivity contribution in [2.75, 3.05) is 20.8 Å². The molecule has 0 N–H and O–H groups in total. The molecule has 15 heavy (non-hydrogen) atoms. The summed E-state index contributed by atoms with van der Waals surface area (Å²) >= 11 is 0. The lowest BCUT2D eigenvalue weighted by atomic mass is 10.3. The Bertz CT molecular complexity index is 297. The predicted octanol–water partition coefficient (Wildman–Crippen LogP) is 1.25. The Hall–Kier alpha value is -1.55. The molecule has 4 heteroatoms. The zero-order valence-electron chi connectivity index (χ0n) is 8.80. The van der Waals surface area contributed by atoms with Gasteiger partial charge in [0.2, 0.25) is 6.10 Å². The third-order valence-electron chi connectivity index (χ3n) is 1.80. The van der Waals surface area contributed by atoms with Crippen LogP contribution in [0.15, 0.2) is 30.3 Å². The molecule has 1 aromatic rings. The molecule has 0 saturated carbocycles. The van der Waals surface area contributed by atoms with Crippen LogP contribution in [0.3, 0.4) is 0 Å². The number of hydrogen-bond donors (Lipinski definition) is 0. The Kier molecular flexibility index (Phi) is 4.63. The van der Waals surface area contributed by atoms with Gasteiger partial charge in [0.05, 0.1) is 13.7 Å². The zero-order valence-corrected chi connectivity index (χ0v) is 8.80. The highest BCUT2D eigenvalue weighted by Gasteiger charge is 2.20. The van der Waals surface area contributed by atoms with E-state index in [0.29, 0.717) is 5.75 Å². The van der Waals surface area contributed by atoms with Gasteiger partial charge in [-0.25, -0.2) is 4.79 Å². The van der Waals surface area contributed by atoms with E-state index in [9.17, 15) is 4.79 Å². The number of para-hydroxylation sites is 1. The van der Waals surface area contributed by atoms with Gasteiger partial charge in [0.15, 0.2) is 0 Å². The molecule has 0 aromatic heterocycles. The summed E-state index contributed by atoms with van der Waals surface area (Å²) in [6.07, 6.45) is -0.720. The average Bonchev–Trinajstić information content (AvgIpc) is 2.29. The molecule has 0 amide bonds. The normalized spacial score (nSPS) is 11.9. The molecule has 1 unspecified atom stereocenters. The summed E-state index contributed by atoms with van der Waals surface area (Å²) in [5.74, 6) is 0.172. The van der Waals surface area contributed by atoms with Crippen LogP contribution in [-0.2, 0) is 14.3 Å². The predicted molar refractivity (Wildman–Crippen MR) is 54.8 cm³/mol. The van der Waals surface area contributed by atoms with E-state index >= 15 is 0 Å². The third-order valence-corrected chi connectivity index (χ3v) is 1.80. The van der Waals surface area contributed by atoms with E-state index in [4.69, 9.17) is 9.47 Å². The van der Waals surface area contributed by atoms with E-state index in [2.05, 4.69) is 4.74 Å². The Morgan fingerprint density at radius 2 is 1.93 bits per heavy atom. The maximum Gasteiger partial charge on any atom is 0.349 e. The molecule has 0 spiro atoms. The second-order valence-corrected chi connectivity index (χ2v) is 2.90. The van der Waals surface area contributed by atoms with Crippen molar-refractivity contribution in [3.05, 3.63) is 30.3 Å². The van der Waals surface area contributed by atoms with Crippen molar-refractivity contribution >= 4 is 5.97 Å². The Balaban J connectivity index is 2.62. The van der Waals surface area contributed by atoms with E-state index < -0.39 is 12.1 Å². The SMILES string of the molecule is COCC(Oc1ccccc1)C(=O)OC. The van der Waals surface area contributed by atoms with Gasteiger partial charge in [-0.2, -0.15) is 0 Å². The molecule has 0 heterocycles. The van der Waals surface area contributed by atoms with Gasteiger partial charge in [-0.05, 0) is 12.1 Å². The summed E-state index contributed by atoms with van der Waals surface area (Å²) < 4.78 is 14.9. The molecule has 1 atom stereocenters. The Morgan fingerprint density at radius 1 is 1.27 bits per heavy atom. The van der Waals surface area contributed by atoms with Gasteiger partial charge in [0.25, 0.3) is 0 Å². The molecule has 1 aromatic carbocycles. The van der Waals surface area contributed by atoms with E-state index in [1.807, 2.05) is 18.2 Å². The monoisotopic (exact) mass is 210 g/mol. The number of ether oxygens (including phenoxy) is 3. The van der Waals surface area contributed by atoms with Crippen molar-refractivity contribution in [1.29, 1.82) is 0 Å². The van der Waals surface area contributed by atoms with Gasteiger partial charge in [0.1, 0.15) is 5.75 Å².